The van der Waals surface area contributed by atoms with Gasteiger partial charge < -0.3 is 20.9 Å². The Kier molecular flexibility index (Phi) is 5.44. The zero-order chi connectivity index (χ0) is 15.2. The molecule has 0 spiro atoms. The predicted octanol–water partition coefficient (Wildman–Crippen LogP) is 2.89. The minimum absolute atomic E-state index is 0.278. The molecule has 2 rings (SSSR count). The molecule has 0 radical (unpaired) electrons. The van der Waals surface area contributed by atoms with E-state index in [1.54, 1.807) is 13.2 Å². The molecule has 1 atom stereocenters. The highest BCUT2D eigenvalue weighted by Gasteiger charge is 2.15. The van der Waals surface area contributed by atoms with Gasteiger partial charge in [-0.05, 0) is 23.3 Å². The SMILES string of the molecule is COc1cc(C(N)CN)cc(Cl)c1OCc1ccccc1. The van der Waals surface area contributed by atoms with Crippen molar-refractivity contribution in [3.05, 3.63) is 58.6 Å². The van der Waals surface area contributed by atoms with Crippen LogP contribution in [0, 0.1) is 0 Å². The average Bonchev–Trinajstić information content (AvgIpc) is 2.53. The van der Waals surface area contributed by atoms with Gasteiger partial charge in [-0.25, -0.2) is 0 Å². The molecule has 0 amide bonds. The highest BCUT2D eigenvalue weighted by atomic mass is 35.5. The molecule has 0 saturated heterocycles. The van der Waals surface area contributed by atoms with E-state index in [9.17, 15) is 0 Å². The van der Waals surface area contributed by atoms with Gasteiger partial charge in [0, 0.05) is 12.6 Å². The van der Waals surface area contributed by atoms with Crippen molar-refractivity contribution in [2.24, 2.45) is 11.5 Å². The number of nitrogens with two attached hydrogens (primary N) is 2. The topological polar surface area (TPSA) is 70.5 Å². The lowest BCUT2D eigenvalue weighted by molar-refractivity contribution is 0.284. The van der Waals surface area contributed by atoms with E-state index in [0.29, 0.717) is 29.7 Å². The molecule has 0 aliphatic rings. The molecule has 4 N–H and O–H groups in total. The second-order valence-corrected chi connectivity index (χ2v) is 5.06. The van der Waals surface area contributed by atoms with Crippen LogP contribution in [0.4, 0.5) is 0 Å². The van der Waals surface area contributed by atoms with Crippen molar-refractivity contribution in [3.63, 3.8) is 0 Å². The van der Waals surface area contributed by atoms with Gasteiger partial charge in [-0.15, -0.1) is 0 Å². The monoisotopic (exact) mass is 306 g/mol. The number of rotatable bonds is 6. The standard InChI is InChI=1S/C16H19ClN2O2/c1-20-15-8-12(14(19)9-18)7-13(17)16(15)21-10-11-5-3-2-4-6-11/h2-8,14H,9-10,18-19H2,1H3. The molecule has 0 aliphatic carbocycles. The predicted molar refractivity (Wildman–Crippen MR) is 84.8 cm³/mol. The minimum Gasteiger partial charge on any atom is -0.493 e. The molecule has 0 aromatic heterocycles. The Hall–Kier alpha value is -1.75. The fourth-order valence-corrected chi connectivity index (χ4v) is 2.23. The van der Waals surface area contributed by atoms with Crippen LogP contribution in [0.15, 0.2) is 42.5 Å². The van der Waals surface area contributed by atoms with Crippen molar-refractivity contribution in [3.8, 4) is 11.5 Å². The number of hydrogen-bond donors (Lipinski definition) is 2. The van der Waals surface area contributed by atoms with Crippen LogP contribution in [0.2, 0.25) is 5.02 Å². The molecule has 0 fully saturated rings. The lowest BCUT2D eigenvalue weighted by Crippen LogP contribution is -2.20. The molecule has 2 aromatic rings. The first-order valence-corrected chi connectivity index (χ1v) is 7.03. The molecule has 1 unspecified atom stereocenters. The molecule has 0 heterocycles. The van der Waals surface area contributed by atoms with Crippen molar-refractivity contribution >= 4 is 11.6 Å². The summed E-state index contributed by atoms with van der Waals surface area (Å²) in [5, 5.41) is 0.462. The zero-order valence-electron chi connectivity index (χ0n) is 11.9. The summed E-state index contributed by atoms with van der Waals surface area (Å²) in [6, 6.07) is 13.1. The maximum absolute atomic E-state index is 6.28. The maximum Gasteiger partial charge on any atom is 0.180 e. The minimum atomic E-state index is -0.278. The maximum atomic E-state index is 6.28. The Bertz CT molecular complexity index is 590. The summed E-state index contributed by atoms with van der Waals surface area (Å²) < 4.78 is 11.1. The summed E-state index contributed by atoms with van der Waals surface area (Å²) >= 11 is 6.28. The van der Waals surface area contributed by atoms with Crippen LogP contribution < -0.4 is 20.9 Å². The Morgan fingerprint density at radius 3 is 2.52 bits per heavy atom. The van der Waals surface area contributed by atoms with Gasteiger partial charge in [-0.2, -0.15) is 0 Å². The van der Waals surface area contributed by atoms with Crippen molar-refractivity contribution in [1.29, 1.82) is 0 Å². The Balaban J connectivity index is 2.22. The van der Waals surface area contributed by atoms with Crippen LogP contribution in [-0.2, 0) is 6.61 Å². The van der Waals surface area contributed by atoms with E-state index < -0.39 is 0 Å². The fourth-order valence-electron chi connectivity index (χ4n) is 1.96. The van der Waals surface area contributed by atoms with Gasteiger partial charge in [-0.3, -0.25) is 0 Å². The number of halogens is 1. The first-order chi connectivity index (χ1) is 10.2. The summed E-state index contributed by atoms with van der Waals surface area (Å²) in [5.41, 5.74) is 13.4. The van der Waals surface area contributed by atoms with Crippen LogP contribution in [0.3, 0.4) is 0 Å². The van der Waals surface area contributed by atoms with Gasteiger partial charge in [0.15, 0.2) is 11.5 Å². The molecular formula is C16H19ClN2O2. The molecule has 21 heavy (non-hydrogen) atoms. The van der Waals surface area contributed by atoms with E-state index >= 15 is 0 Å². The Morgan fingerprint density at radius 1 is 1.19 bits per heavy atom. The van der Waals surface area contributed by atoms with Crippen molar-refractivity contribution in [2.45, 2.75) is 12.6 Å². The van der Waals surface area contributed by atoms with Crippen molar-refractivity contribution in [2.75, 3.05) is 13.7 Å². The van der Waals surface area contributed by atoms with Gasteiger partial charge in [0.2, 0.25) is 0 Å². The third-order valence-corrected chi connectivity index (χ3v) is 3.44. The molecule has 112 valence electrons. The largest absolute Gasteiger partial charge is 0.493 e. The second-order valence-electron chi connectivity index (χ2n) is 4.65. The lowest BCUT2D eigenvalue weighted by atomic mass is 10.1. The lowest BCUT2D eigenvalue weighted by Gasteiger charge is -2.16. The van der Waals surface area contributed by atoms with Crippen LogP contribution in [0.1, 0.15) is 17.2 Å². The molecule has 0 bridgehead atoms. The summed E-state index contributed by atoms with van der Waals surface area (Å²) in [5.74, 6) is 1.06. The zero-order valence-corrected chi connectivity index (χ0v) is 12.6. The van der Waals surface area contributed by atoms with E-state index in [0.717, 1.165) is 11.1 Å². The normalized spacial score (nSPS) is 12.0. The molecule has 0 aliphatic heterocycles. The van der Waals surface area contributed by atoms with Crippen LogP contribution in [-0.4, -0.2) is 13.7 Å². The average molecular weight is 307 g/mol. The van der Waals surface area contributed by atoms with Crippen LogP contribution in [0.25, 0.3) is 0 Å². The third-order valence-electron chi connectivity index (χ3n) is 3.16. The highest BCUT2D eigenvalue weighted by molar-refractivity contribution is 6.32. The van der Waals surface area contributed by atoms with E-state index in [2.05, 4.69) is 0 Å². The van der Waals surface area contributed by atoms with Gasteiger partial charge in [0.05, 0.1) is 12.1 Å². The molecular weight excluding hydrogens is 288 g/mol. The van der Waals surface area contributed by atoms with Crippen LogP contribution >= 0.6 is 11.6 Å². The highest BCUT2D eigenvalue weighted by Crippen LogP contribution is 2.38. The van der Waals surface area contributed by atoms with Gasteiger partial charge in [0.1, 0.15) is 6.61 Å². The summed E-state index contributed by atoms with van der Waals surface area (Å²) in [4.78, 5) is 0. The van der Waals surface area contributed by atoms with E-state index in [1.807, 2.05) is 36.4 Å². The number of methoxy groups -OCH3 is 1. The van der Waals surface area contributed by atoms with Crippen molar-refractivity contribution < 1.29 is 9.47 Å². The molecule has 0 saturated carbocycles. The van der Waals surface area contributed by atoms with E-state index in [4.69, 9.17) is 32.5 Å². The summed E-state index contributed by atoms with van der Waals surface area (Å²) in [6.45, 7) is 0.753. The first-order valence-electron chi connectivity index (χ1n) is 6.65. The summed E-state index contributed by atoms with van der Waals surface area (Å²) in [7, 11) is 1.57. The first kappa shape index (κ1) is 15.6. The van der Waals surface area contributed by atoms with E-state index in [-0.39, 0.29) is 6.04 Å². The molecule has 2 aromatic carbocycles. The van der Waals surface area contributed by atoms with E-state index in [1.165, 1.54) is 0 Å². The Morgan fingerprint density at radius 2 is 1.90 bits per heavy atom. The smallest absolute Gasteiger partial charge is 0.180 e. The van der Waals surface area contributed by atoms with Crippen LogP contribution in [0.5, 0.6) is 11.5 Å². The van der Waals surface area contributed by atoms with Gasteiger partial charge >= 0.3 is 0 Å². The third kappa shape index (κ3) is 3.88. The van der Waals surface area contributed by atoms with Gasteiger partial charge in [0.25, 0.3) is 0 Å². The van der Waals surface area contributed by atoms with Crippen molar-refractivity contribution in [1.82, 2.24) is 0 Å². The number of benzene rings is 2. The number of hydrogen-bond acceptors (Lipinski definition) is 4. The fraction of sp³-hybridized carbons (Fsp3) is 0.250. The number of ether oxygens (including phenoxy) is 2. The summed E-state index contributed by atoms with van der Waals surface area (Å²) in [6.07, 6.45) is 0. The Labute approximate surface area is 129 Å². The second kappa shape index (κ2) is 7.31. The van der Waals surface area contributed by atoms with Gasteiger partial charge in [-0.1, -0.05) is 41.9 Å². The molecule has 5 heteroatoms. The molecule has 4 nitrogen and oxygen atoms in total. The quantitative estimate of drug-likeness (QED) is 0.861.